The first-order chi connectivity index (χ1) is 9.97. The van der Waals surface area contributed by atoms with Gasteiger partial charge in [-0.1, -0.05) is 0 Å². The van der Waals surface area contributed by atoms with Gasteiger partial charge in [-0.2, -0.15) is 0 Å². The molecule has 0 N–H and O–H groups in total. The van der Waals surface area contributed by atoms with Crippen LogP contribution in [-0.2, 0) is 0 Å². The zero-order valence-electron chi connectivity index (χ0n) is 12.7. The number of anilines is 2. The second-order valence-electron chi connectivity index (χ2n) is 5.58. The summed E-state index contributed by atoms with van der Waals surface area (Å²) in [6, 6.07) is 12.4. The second-order valence-corrected chi connectivity index (χ2v) is 7.85. The minimum absolute atomic E-state index is 0.153. The molecule has 21 heavy (non-hydrogen) atoms. The SMILES string of the molecule is CN(C)c1ccc2[se]c3ccc(N(C)C)cc3c(=O)c2c1. The van der Waals surface area contributed by atoms with E-state index in [2.05, 4.69) is 24.3 Å². The van der Waals surface area contributed by atoms with E-state index in [0.717, 1.165) is 22.1 Å². The summed E-state index contributed by atoms with van der Waals surface area (Å²) in [6.07, 6.45) is 0. The maximum atomic E-state index is 12.8. The number of hydrogen-bond acceptors (Lipinski definition) is 3. The summed E-state index contributed by atoms with van der Waals surface area (Å²) in [5.74, 6) is 0. The van der Waals surface area contributed by atoms with Crippen LogP contribution in [0.25, 0.3) is 19.3 Å². The summed E-state index contributed by atoms with van der Waals surface area (Å²) in [6.45, 7) is 0. The molecule has 1 heterocycles. The van der Waals surface area contributed by atoms with E-state index < -0.39 is 0 Å². The Bertz CT molecular complexity index is 812. The van der Waals surface area contributed by atoms with E-state index in [-0.39, 0.29) is 19.9 Å². The number of hydrogen-bond donors (Lipinski definition) is 0. The molecule has 1 aromatic heterocycles. The van der Waals surface area contributed by atoms with Crippen molar-refractivity contribution < 1.29 is 0 Å². The van der Waals surface area contributed by atoms with Crippen molar-refractivity contribution in [1.82, 2.24) is 0 Å². The quantitative estimate of drug-likeness (QED) is 0.527. The van der Waals surface area contributed by atoms with Crippen molar-refractivity contribution in [2.24, 2.45) is 0 Å². The molecule has 0 bridgehead atoms. The van der Waals surface area contributed by atoms with Crippen molar-refractivity contribution in [1.29, 1.82) is 0 Å². The molecular formula is C17H18N2OSe. The topological polar surface area (TPSA) is 23.6 Å². The molecule has 0 spiro atoms. The van der Waals surface area contributed by atoms with Crippen LogP contribution in [0.15, 0.2) is 41.2 Å². The molecule has 3 nitrogen and oxygen atoms in total. The Hall–Kier alpha value is -1.77. The molecule has 2 aromatic carbocycles. The van der Waals surface area contributed by atoms with Crippen LogP contribution >= 0.6 is 0 Å². The van der Waals surface area contributed by atoms with E-state index in [9.17, 15) is 4.79 Å². The average molecular weight is 345 g/mol. The van der Waals surface area contributed by atoms with Gasteiger partial charge in [-0.25, -0.2) is 0 Å². The fraction of sp³-hybridized carbons (Fsp3) is 0.235. The van der Waals surface area contributed by atoms with Gasteiger partial charge in [-0.15, -0.1) is 0 Å². The molecule has 0 unspecified atom stereocenters. The molecule has 0 aliphatic heterocycles. The second kappa shape index (κ2) is 5.21. The Labute approximate surface area is 130 Å². The molecule has 0 amide bonds. The Morgan fingerprint density at radius 3 is 1.57 bits per heavy atom. The Morgan fingerprint density at radius 2 is 1.19 bits per heavy atom. The molecule has 0 saturated carbocycles. The van der Waals surface area contributed by atoms with E-state index in [1.165, 1.54) is 8.52 Å². The van der Waals surface area contributed by atoms with E-state index in [1.54, 1.807) is 0 Å². The third-order valence-corrected chi connectivity index (χ3v) is 6.08. The maximum absolute atomic E-state index is 12.8. The zero-order chi connectivity index (χ0) is 15.1. The third kappa shape index (κ3) is 2.45. The number of fused-ring (bicyclic) bond motifs is 2. The first kappa shape index (κ1) is 14.2. The molecule has 0 aliphatic rings. The Kier molecular flexibility index (Phi) is 3.52. The van der Waals surface area contributed by atoms with Crippen LogP contribution in [-0.4, -0.2) is 42.7 Å². The predicted octanol–water partition coefficient (Wildman–Crippen LogP) is 2.54. The summed E-state index contributed by atoms with van der Waals surface area (Å²) in [7, 11) is 7.99. The van der Waals surface area contributed by atoms with Gasteiger partial charge >= 0.3 is 130 Å². The van der Waals surface area contributed by atoms with Crippen LogP contribution in [0.1, 0.15) is 0 Å². The molecular weight excluding hydrogens is 327 g/mol. The van der Waals surface area contributed by atoms with Gasteiger partial charge < -0.3 is 0 Å². The van der Waals surface area contributed by atoms with Crippen LogP contribution in [0, 0.1) is 0 Å². The molecule has 0 radical (unpaired) electrons. The normalized spacial score (nSPS) is 11.0. The van der Waals surface area contributed by atoms with Gasteiger partial charge in [0.2, 0.25) is 0 Å². The fourth-order valence-corrected chi connectivity index (χ4v) is 4.55. The van der Waals surface area contributed by atoms with Gasteiger partial charge in [0.1, 0.15) is 0 Å². The first-order valence-corrected chi connectivity index (χ1v) is 8.54. The molecule has 3 aromatic rings. The predicted molar refractivity (Wildman–Crippen MR) is 93.3 cm³/mol. The van der Waals surface area contributed by atoms with Crippen LogP contribution in [0.3, 0.4) is 0 Å². The van der Waals surface area contributed by atoms with Gasteiger partial charge in [0.25, 0.3) is 0 Å². The summed E-state index contributed by atoms with van der Waals surface area (Å²) >= 11 is 0.203. The fourth-order valence-electron chi connectivity index (χ4n) is 2.39. The number of benzene rings is 2. The van der Waals surface area contributed by atoms with Crippen molar-refractivity contribution in [2.45, 2.75) is 0 Å². The third-order valence-electron chi connectivity index (χ3n) is 3.67. The van der Waals surface area contributed by atoms with Gasteiger partial charge in [0, 0.05) is 0 Å². The van der Waals surface area contributed by atoms with Gasteiger partial charge in [0.15, 0.2) is 0 Å². The Balaban J connectivity index is 2.37. The summed E-state index contributed by atoms with van der Waals surface area (Å²) in [5, 5.41) is 1.73. The molecule has 3 rings (SSSR count). The summed E-state index contributed by atoms with van der Waals surface area (Å²) in [4.78, 5) is 16.9. The van der Waals surface area contributed by atoms with Crippen molar-refractivity contribution in [3.8, 4) is 0 Å². The number of nitrogens with zero attached hydrogens (tertiary/aromatic N) is 2. The van der Waals surface area contributed by atoms with Crippen molar-refractivity contribution in [3.05, 3.63) is 46.6 Å². The van der Waals surface area contributed by atoms with Crippen molar-refractivity contribution >= 4 is 45.2 Å². The minimum atomic E-state index is 0.153. The monoisotopic (exact) mass is 346 g/mol. The van der Waals surface area contributed by atoms with E-state index in [0.29, 0.717) is 0 Å². The molecule has 0 saturated heterocycles. The first-order valence-electron chi connectivity index (χ1n) is 6.82. The van der Waals surface area contributed by atoms with Crippen molar-refractivity contribution in [3.63, 3.8) is 0 Å². The molecule has 0 atom stereocenters. The zero-order valence-corrected chi connectivity index (χ0v) is 14.4. The van der Waals surface area contributed by atoms with E-state index in [4.69, 9.17) is 0 Å². The summed E-state index contributed by atoms with van der Waals surface area (Å²) < 4.78 is 2.37. The molecule has 108 valence electrons. The van der Waals surface area contributed by atoms with E-state index in [1.807, 2.05) is 50.1 Å². The van der Waals surface area contributed by atoms with Gasteiger partial charge in [-0.05, 0) is 0 Å². The molecule has 4 heteroatoms. The van der Waals surface area contributed by atoms with Crippen LogP contribution < -0.4 is 15.2 Å². The van der Waals surface area contributed by atoms with Crippen LogP contribution in [0.2, 0.25) is 0 Å². The standard InChI is InChI=1S/C17H18N2OSe/c1-18(2)11-5-7-15-13(9-11)17(20)14-10-12(19(3)4)6-8-16(14)21-15/h5-10H,1-4H3. The average Bonchev–Trinajstić information content (AvgIpc) is 2.46. The van der Waals surface area contributed by atoms with Crippen molar-refractivity contribution in [2.75, 3.05) is 38.0 Å². The molecule has 0 aliphatic carbocycles. The summed E-state index contributed by atoms with van der Waals surface area (Å²) in [5.41, 5.74) is 2.30. The molecule has 0 fully saturated rings. The van der Waals surface area contributed by atoms with E-state index >= 15 is 0 Å². The Morgan fingerprint density at radius 1 is 0.762 bits per heavy atom. The van der Waals surface area contributed by atoms with Gasteiger partial charge in [-0.3, -0.25) is 0 Å². The number of rotatable bonds is 2. The van der Waals surface area contributed by atoms with Crippen LogP contribution in [0.5, 0.6) is 0 Å². The van der Waals surface area contributed by atoms with Crippen LogP contribution in [0.4, 0.5) is 11.4 Å². The van der Waals surface area contributed by atoms with Gasteiger partial charge in [0.05, 0.1) is 0 Å².